The average Bonchev–Trinajstić information content (AvgIpc) is 2.20. The first-order valence-electron chi connectivity index (χ1n) is 27.7. The maximum Gasteiger partial charge on any atom is 0.147 e. The van der Waals surface area contributed by atoms with Gasteiger partial charge in [0.25, 0.3) is 0 Å². The Morgan fingerprint density at radius 1 is 0.183 bits per heavy atom. The summed E-state index contributed by atoms with van der Waals surface area (Å²) >= 11 is 0. The zero-order valence-corrected chi connectivity index (χ0v) is 44.2. The van der Waals surface area contributed by atoms with Gasteiger partial charge < -0.3 is 29.2 Å². The molecule has 6 nitrogen and oxygen atoms in total. The molecule has 4 heterocycles. The Bertz CT molecular complexity index is 4010. The van der Waals surface area contributed by atoms with Crippen LogP contribution in [0, 0.1) is 0 Å². The molecule has 0 saturated heterocycles. The van der Waals surface area contributed by atoms with Crippen LogP contribution in [0.25, 0.3) is 22.3 Å². The third-order valence-corrected chi connectivity index (χ3v) is 17.6. The van der Waals surface area contributed by atoms with Crippen LogP contribution in [0.5, 0.6) is 46.0 Å². The molecule has 4 aliphatic rings. The standard InChI is InChI=1S/C76H50O6/c77-75(61-21-5-13-29-69(61)81-70-30-14-6-22-62(70)75)55-45-37-51(38-46-55)49-33-41-53(42-34-49)73(57-17-1-9-25-65(57)79-66-26-10-2-18-58(66)73)74(59-19-3-11-27-67(59)80-68-28-12-4-20-60(68)74)54-43-35-50(36-44-54)52-39-47-56(48-40-52)76(78)63-23-7-15-31-71(63)82-72-32-16-8-24-64(72)76/h1-48,77-78H. The monoisotopic (exact) mass is 1060 g/mol. The molecule has 2 N–H and O–H groups in total. The number of aliphatic hydroxyl groups is 2. The second kappa shape index (κ2) is 18.1. The molecule has 82 heavy (non-hydrogen) atoms. The molecule has 0 fully saturated rings. The second-order valence-electron chi connectivity index (χ2n) is 21.6. The van der Waals surface area contributed by atoms with Crippen molar-refractivity contribution < 1.29 is 29.2 Å². The Morgan fingerprint density at radius 2 is 0.354 bits per heavy atom. The minimum atomic E-state index is -1.42. The van der Waals surface area contributed by atoms with Gasteiger partial charge in [0.05, 0.1) is 10.8 Å². The second-order valence-corrected chi connectivity index (χ2v) is 21.6. The fraction of sp³-hybridized carbons (Fsp3) is 0.0526. The van der Waals surface area contributed by atoms with Crippen LogP contribution in [0.1, 0.15) is 66.8 Å². The summed E-state index contributed by atoms with van der Waals surface area (Å²) in [4.78, 5) is 0. The highest BCUT2D eigenvalue weighted by atomic mass is 16.5. The van der Waals surface area contributed by atoms with Crippen LogP contribution in [0.3, 0.4) is 0 Å². The van der Waals surface area contributed by atoms with Gasteiger partial charge in [-0.25, -0.2) is 0 Å². The van der Waals surface area contributed by atoms with E-state index in [9.17, 15) is 10.2 Å². The number of hydrogen-bond donors (Lipinski definition) is 2. The normalized spacial score (nSPS) is 15.5. The predicted octanol–water partition coefficient (Wildman–Crippen LogP) is 17.4. The highest BCUT2D eigenvalue weighted by Crippen LogP contribution is 2.69. The van der Waals surface area contributed by atoms with Gasteiger partial charge in [0.15, 0.2) is 0 Å². The SMILES string of the molecule is OC1(c2ccc(-c3ccc(C4(C5(c6ccc(-c7ccc(C8(O)c9ccccc9Oc9ccccc98)cc7)cc6)c6ccccc6Oc6ccccc65)c5ccccc5Oc5ccccc54)cc3)cc2)c2ccccc2Oc2ccccc21. The number of benzene rings is 12. The van der Waals surface area contributed by atoms with Gasteiger partial charge in [0.1, 0.15) is 57.2 Å². The van der Waals surface area contributed by atoms with Crippen molar-refractivity contribution in [1.82, 2.24) is 0 Å². The molecule has 16 rings (SSSR count). The molecule has 0 atom stereocenters. The van der Waals surface area contributed by atoms with E-state index in [-0.39, 0.29) is 0 Å². The molecule has 12 aromatic rings. The largest absolute Gasteiger partial charge is 0.457 e. The number of rotatable bonds is 7. The molecule has 0 aromatic heterocycles. The van der Waals surface area contributed by atoms with Crippen molar-refractivity contribution in [3.05, 3.63) is 358 Å². The number of hydrogen-bond acceptors (Lipinski definition) is 6. The smallest absolute Gasteiger partial charge is 0.147 e. The molecule has 0 aliphatic carbocycles. The van der Waals surface area contributed by atoms with Crippen LogP contribution in [0.4, 0.5) is 0 Å². The molecule has 0 bridgehead atoms. The van der Waals surface area contributed by atoms with Gasteiger partial charge in [-0.15, -0.1) is 0 Å². The molecule has 12 aromatic carbocycles. The van der Waals surface area contributed by atoms with E-state index in [0.717, 1.165) is 89.8 Å². The lowest BCUT2D eigenvalue weighted by Crippen LogP contribution is -2.54. The van der Waals surface area contributed by atoms with E-state index in [1.54, 1.807) is 0 Å². The Kier molecular flexibility index (Phi) is 10.6. The van der Waals surface area contributed by atoms with Gasteiger partial charge in [-0.3, -0.25) is 0 Å². The molecule has 0 unspecified atom stereocenters. The Morgan fingerprint density at radius 3 is 0.573 bits per heavy atom. The first-order chi connectivity index (χ1) is 40.4. The molecular weight excluding hydrogens is 1010 g/mol. The van der Waals surface area contributed by atoms with Crippen LogP contribution >= 0.6 is 0 Å². The van der Waals surface area contributed by atoms with E-state index < -0.39 is 22.0 Å². The summed E-state index contributed by atoms with van der Waals surface area (Å²) in [7, 11) is 0. The zero-order valence-electron chi connectivity index (χ0n) is 44.2. The van der Waals surface area contributed by atoms with Crippen LogP contribution in [0.15, 0.2) is 291 Å². The Balaban J connectivity index is 0.872. The first-order valence-corrected chi connectivity index (χ1v) is 27.7. The molecule has 4 aliphatic heterocycles. The van der Waals surface area contributed by atoms with E-state index in [1.807, 2.05) is 121 Å². The van der Waals surface area contributed by atoms with E-state index in [0.29, 0.717) is 45.3 Å². The number of para-hydroxylation sites is 8. The van der Waals surface area contributed by atoms with Crippen LogP contribution in [-0.4, -0.2) is 10.2 Å². The fourth-order valence-corrected chi connectivity index (χ4v) is 14.1. The molecule has 390 valence electrons. The Hall–Kier alpha value is -10.2. The number of ether oxygens (including phenoxy) is 4. The van der Waals surface area contributed by atoms with Crippen molar-refractivity contribution >= 4 is 0 Å². The third-order valence-electron chi connectivity index (χ3n) is 17.6. The summed E-state index contributed by atoms with van der Waals surface area (Å²) in [5.41, 5.74) is 9.66. The van der Waals surface area contributed by atoms with Crippen molar-refractivity contribution in [3.8, 4) is 68.2 Å². The van der Waals surface area contributed by atoms with Gasteiger partial charge in [-0.1, -0.05) is 243 Å². The highest BCUT2D eigenvalue weighted by Gasteiger charge is 2.63. The molecule has 0 radical (unpaired) electrons. The van der Waals surface area contributed by atoms with Gasteiger partial charge in [-0.05, 0) is 93.0 Å². The van der Waals surface area contributed by atoms with Gasteiger partial charge in [0.2, 0.25) is 0 Å². The van der Waals surface area contributed by atoms with E-state index in [4.69, 9.17) is 18.9 Å². The molecule has 0 saturated carbocycles. The van der Waals surface area contributed by atoms with Gasteiger partial charge >= 0.3 is 0 Å². The van der Waals surface area contributed by atoms with Crippen LogP contribution < -0.4 is 18.9 Å². The van der Waals surface area contributed by atoms with E-state index in [2.05, 4.69) is 170 Å². The maximum absolute atomic E-state index is 12.8. The summed E-state index contributed by atoms with van der Waals surface area (Å²) in [6, 6.07) is 99.5. The number of fused-ring (bicyclic) bond motifs is 8. The summed E-state index contributed by atoms with van der Waals surface area (Å²) in [5, 5.41) is 25.7. The van der Waals surface area contributed by atoms with Crippen molar-refractivity contribution in [2.75, 3.05) is 0 Å². The van der Waals surface area contributed by atoms with Crippen LogP contribution in [0.2, 0.25) is 0 Å². The van der Waals surface area contributed by atoms with Crippen molar-refractivity contribution in [1.29, 1.82) is 0 Å². The van der Waals surface area contributed by atoms with E-state index in [1.165, 1.54) is 0 Å². The van der Waals surface area contributed by atoms with E-state index >= 15 is 0 Å². The van der Waals surface area contributed by atoms with Crippen molar-refractivity contribution in [2.24, 2.45) is 0 Å². The summed E-state index contributed by atoms with van der Waals surface area (Å²) in [6.07, 6.45) is 0. The summed E-state index contributed by atoms with van der Waals surface area (Å²) in [5.74, 6) is 5.60. The molecule has 6 heteroatoms. The predicted molar refractivity (Wildman–Crippen MR) is 320 cm³/mol. The minimum absolute atomic E-state index is 0.633. The zero-order chi connectivity index (χ0) is 54.6. The Labute approximate surface area is 475 Å². The highest BCUT2D eigenvalue weighted by molar-refractivity contribution is 5.79. The third kappa shape index (κ3) is 6.65. The first kappa shape index (κ1) is 47.7. The van der Waals surface area contributed by atoms with Crippen molar-refractivity contribution in [2.45, 2.75) is 22.0 Å². The van der Waals surface area contributed by atoms with Gasteiger partial charge in [0, 0.05) is 44.5 Å². The summed E-state index contributed by atoms with van der Waals surface area (Å²) < 4.78 is 26.6. The molecule has 0 amide bonds. The lowest BCUT2D eigenvalue weighted by molar-refractivity contribution is 0.112. The fourth-order valence-electron chi connectivity index (χ4n) is 14.1. The lowest BCUT2D eigenvalue weighted by Gasteiger charge is -2.56. The molecule has 0 spiro atoms. The lowest BCUT2D eigenvalue weighted by atomic mass is 9.46. The molecular formula is C76H50O6. The topological polar surface area (TPSA) is 77.4 Å². The summed E-state index contributed by atoms with van der Waals surface area (Å²) in [6.45, 7) is 0. The quantitative estimate of drug-likeness (QED) is 0.166. The average molecular weight is 1060 g/mol. The van der Waals surface area contributed by atoms with Crippen LogP contribution in [-0.2, 0) is 22.0 Å². The van der Waals surface area contributed by atoms with Gasteiger partial charge in [-0.2, -0.15) is 0 Å². The maximum atomic E-state index is 12.8. The van der Waals surface area contributed by atoms with Crippen molar-refractivity contribution in [3.63, 3.8) is 0 Å². The minimum Gasteiger partial charge on any atom is -0.457 e.